The van der Waals surface area contributed by atoms with Crippen LogP contribution in [0.5, 0.6) is 23.0 Å². The average Bonchev–Trinajstić information content (AvgIpc) is 3.11. The molecule has 1 heterocycles. The van der Waals surface area contributed by atoms with Crippen molar-refractivity contribution >= 4 is 21.8 Å². The summed E-state index contributed by atoms with van der Waals surface area (Å²) in [6.45, 7) is 2.88. The van der Waals surface area contributed by atoms with Crippen molar-refractivity contribution in [2.45, 2.75) is 19.9 Å². The van der Waals surface area contributed by atoms with Crippen LogP contribution in [0.2, 0.25) is 0 Å². The van der Waals surface area contributed by atoms with Gasteiger partial charge in [-0.1, -0.05) is 22.0 Å². The zero-order valence-electron chi connectivity index (χ0n) is 15.6. The van der Waals surface area contributed by atoms with Crippen molar-refractivity contribution in [1.29, 1.82) is 0 Å². The number of hydrogen-bond donors (Lipinski definition) is 0. The molecule has 2 aromatic rings. The van der Waals surface area contributed by atoms with Crippen LogP contribution in [0.4, 0.5) is 0 Å². The van der Waals surface area contributed by atoms with E-state index in [4.69, 9.17) is 18.9 Å². The lowest BCUT2D eigenvalue weighted by molar-refractivity contribution is -0.129. The largest absolute Gasteiger partial charge is 0.493 e. The van der Waals surface area contributed by atoms with E-state index < -0.39 is 0 Å². The summed E-state index contributed by atoms with van der Waals surface area (Å²) >= 11 is 3.55. The molecule has 2 aromatic carbocycles. The quantitative estimate of drug-likeness (QED) is 0.661. The van der Waals surface area contributed by atoms with Gasteiger partial charge in [-0.25, -0.2) is 0 Å². The SMILES string of the molecule is COc1ccc(CCN(Cc2cc3c(cc2Br)OCO3)C(C)=O)cc1OC. The highest BCUT2D eigenvalue weighted by Crippen LogP contribution is 2.37. The van der Waals surface area contributed by atoms with Crippen LogP contribution in [0, 0.1) is 0 Å². The van der Waals surface area contributed by atoms with E-state index in [1.807, 2.05) is 30.3 Å². The van der Waals surface area contributed by atoms with Gasteiger partial charge < -0.3 is 23.8 Å². The molecule has 0 fully saturated rings. The molecule has 1 amide bonds. The molecule has 7 heteroatoms. The number of carbonyl (C=O) groups excluding carboxylic acids is 1. The van der Waals surface area contributed by atoms with Crippen molar-refractivity contribution in [3.05, 3.63) is 45.9 Å². The number of ether oxygens (including phenoxy) is 4. The zero-order chi connectivity index (χ0) is 19.4. The summed E-state index contributed by atoms with van der Waals surface area (Å²) in [6.07, 6.45) is 0.710. The van der Waals surface area contributed by atoms with E-state index in [0.29, 0.717) is 42.5 Å². The molecule has 0 bridgehead atoms. The van der Waals surface area contributed by atoms with Gasteiger partial charge in [0.1, 0.15) is 0 Å². The lowest BCUT2D eigenvalue weighted by Gasteiger charge is -2.22. The van der Waals surface area contributed by atoms with E-state index in [0.717, 1.165) is 15.6 Å². The van der Waals surface area contributed by atoms with Gasteiger partial charge in [0, 0.05) is 24.5 Å². The molecule has 0 atom stereocenters. The van der Waals surface area contributed by atoms with Gasteiger partial charge in [0.25, 0.3) is 0 Å². The molecule has 0 unspecified atom stereocenters. The third-order valence-corrected chi connectivity index (χ3v) is 5.20. The number of rotatable bonds is 7. The fourth-order valence-corrected chi connectivity index (χ4v) is 3.38. The highest BCUT2D eigenvalue weighted by atomic mass is 79.9. The van der Waals surface area contributed by atoms with Crippen LogP contribution in [0.25, 0.3) is 0 Å². The van der Waals surface area contributed by atoms with Crippen LogP contribution < -0.4 is 18.9 Å². The second-order valence-corrected chi connectivity index (χ2v) is 7.03. The molecule has 6 nitrogen and oxygen atoms in total. The van der Waals surface area contributed by atoms with Crippen LogP contribution in [-0.4, -0.2) is 38.4 Å². The molecule has 0 N–H and O–H groups in total. The van der Waals surface area contributed by atoms with E-state index in [2.05, 4.69) is 15.9 Å². The van der Waals surface area contributed by atoms with Crippen molar-refractivity contribution in [3.63, 3.8) is 0 Å². The Morgan fingerprint density at radius 3 is 2.48 bits per heavy atom. The second kappa shape index (κ2) is 8.52. The molecule has 0 spiro atoms. The number of carbonyl (C=O) groups is 1. The van der Waals surface area contributed by atoms with E-state index in [1.54, 1.807) is 26.0 Å². The first-order valence-electron chi connectivity index (χ1n) is 8.56. The van der Waals surface area contributed by atoms with Gasteiger partial charge in [-0.05, 0) is 41.8 Å². The number of hydrogen-bond acceptors (Lipinski definition) is 5. The Hall–Kier alpha value is -2.41. The molecule has 0 aliphatic carbocycles. The number of nitrogens with zero attached hydrogens (tertiary/aromatic N) is 1. The van der Waals surface area contributed by atoms with E-state index in [9.17, 15) is 4.79 Å². The molecule has 1 aliphatic rings. The molecule has 0 saturated heterocycles. The van der Waals surface area contributed by atoms with Gasteiger partial charge in [-0.15, -0.1) is 0 Å². The fraction of sp³-hybridized carbons (Fsp3) is 0.350. The summed E-state index contributed by atoms with van der Waals surface area (Å²) in [5.74, 6) is 2.80. The third-order valence-electron chi connectivity index (χ3n) is 4.47. The number of fused-ring (bicyclic) bond motifs is 1. The minimum atomic E-state index is 0.0139. The van der Waals surface area contributed by atoms with Crippen LogP contribution in [-0.2, 0) is 17.8 Å². The van der Waals surface area contributed by atoms with Gasteiger partial charge in [0.2, 0.25) is 12.7 Å². The molecule has 1 aliphatic heterocycles. The molecule has 27 heavy (non-hydrogen) atoms. The van der Waals surface area contributed by atoms with Crippen molar-refractivity contribution in [1.82, 2.24) is 4.90 Å². The molecular formula is C20H22BrNO5. The standard InChI is InChI=1S/C20H22BrNO5/c1-13(23)22(7-6-14-4-5-17(24-2)18(8-14)25-3)11-15-9-19-20(10-16(15)21)27-12-26-19/h4-5,8-10H,6-7,11-12H2,1-3H3. The number of benzene rings is 2. The molecular weight excluding hydrogens is 414 g/mol. The first-order valence-corrected chi connectivity index (χ1v) is 9.35. The maximum atomic E-state index is 12.1. The van der Waals surface area contributed by atoms with Crippen LogP contribution >= 0.6 is 15.9 Å². The Labute approximate surface area is 167 Å². The molecule has 0 saturated carbocycles. The first kappa shape index (κ1) is 19.4. The van der Waals surface area contributed by atoms with E-state index >= 15 is 0 Å². The van der Waals surface area contributed by atoms with Crippen LogP contribution in [0.1, 0.15) is 18.1 Å². The maximum Gasteiger partial charge on any atom is 0.231 e. The monoisotopic (exact) mass is 435 g/mol. The summed E-state index contributed by atoms with van der Waals surface area (Å²) in [5.41, 5.74) is 2.05. The van der Waals surface area contributed by atoms with Gasteiger partial charge in [-0.3, -0.25) is 4.79 Å². The number of amides is 1. The summed E-state index contributed by atoms with van der Waals surface area (Å²) in [4.78, 5) is 14.0. The zero-order valence-corrected chi connectivity index (χ0v) is 17.2. The average molecular weight is 436 g/mol. The van der Waals surface area contributed by atoms with Crippen LogP contribution in [0.15, 0.2) is 34.8 Å². The summed E-state index contributed by atoms with van der Waals surface area (Å²) in [7, 11) is 3.22. The minimum Gasteiger partial charge on any atom is -0.493 e. The van der Waals surface area contributed by atoms with E-state index in [1.165, 1.54) is 0 Å². The van der Waals surface area contributed by atoms with E-state index in [-0.39, 0.29) is 12.7 Å². The maximum absolute atomic E-state index is 12.1. The summed E-state index contributed by atoms with van der Waals surface area (Å²) < 4.78 is 22.3. The van der Waals surface area contributed by atoms with Gasteiger partial charge >= 0.3 is 0 Å². The molecule has 0 radical (unpaired) electrons. The highest BCUT2D eigenvalue weighted by molar-refractivity contribution is 9.10. The normalized spacial score (nSPS) is 12.0. The summed E-state index contributed by atoms with van der Waals surface area (Å²) in [6, 6.07) is 9.59. The van der Waals surface area contributed by atoms with Gasteiger partial charge in [-0.2, -0.15) is 0 Å². The van der Waals surface area contributed by atoms with Crippen molar-refractivity contribution in [2.75, 3.05) is 27.6 Å². The molecule has 0 aromatic heterocycles. The van der Waals surface area contributed by atoms with Gasteiger partial charge in [0.05, 0.1) is 14.2 Å². The Balaban J connectivity index is 1.71. The number of halogens is 1. The predicted octanol–water partition coefficient (Wildman–Crippen LogP) is 3.79. The second-order valence-electron chi connectivity index (χ2n) is 6.18. The molecule has 3 rings (SSSR count). The Morgan fingerprint density at radius 1 is 1.11 bits per heavy atom. The van der Waals surface area contributed by atoms with Crippen molar-refractivity contribution in [3.8, 4) is 23.0 Å². The minimum absolute atomic E-state index is 0.0139. The Morgan fingerprint density at radius 2 is 1.81 bits per heavy atom. The van der Waals surface area contributed by atoms with Crippen molar-refractivity contribution in [2.24, 2.45) is 0 Å². The van der Waals surface area contributed by atoms with Crippen molar-refractivity contribution < 1.29 is 23.7 Å². The van der Waals surface area contributed by atoms with Gasteiger partial charge in [0.15, 0.2) is 23.0 Å². The molecule has 144 valence electrons. The third kappa shape index (κ3) is 4.47. The van der Waals surface area contributed by atoms with Crippen LogP contribution in [0.3, 0.4) is 0 Å². The Bertz CT molecular complexity index is 839. The lowest BCUT2D eigenvalue weighted by Crippen LogP contribution is -2.30. The first-order chi connectivity index (χ1) is 13.0. The highest BCUT2D eigenvalue weighted by Gasteiger charge is 2.19. The smallest absolute Gasteiger partial charge is 0.231 e. The Kier molecular flexibility index (Phi) is 6.11. The lowest BCUT2D eigenvalue weighted by atomic mass is 10.1. The summed E-state index contributed by atoms with van der Waals surface area (Å²) in [5, 5.41) is 0. The fourth-order valence-electron chi connectivity index (χ4n) is 2.93. The number of methoxy groups -OCH3 is 2. The predicted molar refractivity (Wildman–Crippen MR) is 105 cm³/mol. The topological polar surface area (TPSA) is 57.2 Å².